The molecule has 1 heterocycles. The van der Waals surface area contributed by atoms with Crippen molar-refractivity contribution in [3.63, 3.8) is 0 Å². The highest BCUT2D eigenvalue weighted by Crippen LogP contribution is 2.34. The molecule has 30 heavy (non-hydrogen) atoms. The minimum absolute atomic E-state index is 0.701. The SMILES string of the molecule is COc1ccc(-c2nc3ccccc3n2Cc2c(C)c(C)cc(C)c2C)cc1OC. The molecule has 0 saturated heterocycles. The van der Waals surface area contributed by atoms with Crippen molar-refractivity contribution in [2.45, 2.75) is 34.2 Å². The van der Waals surface area contributed by atoms with E-state index in [-0.39, 0.29) is 0 Å². The van der Waals surface area contributed by atoms with E-state index in [0.29, 0.717) is 11.5 Å². The average Bonchev–Trinajstić information content (AvgIpc) is 3.13. The second-order valence-corrected chi connectivity index (χ2v) is 7.82. The van der Waals surface area contributed by atoms with Crippen LogP contribution in [0.3, 0.4) is 0 Å². The van der Waals surface area contributed by atoms with E-state index in [2.05, 4.69) is 56.5 Å². The van der Waals surface area contributed by atoms with Gasteiger partial charge in [-0.3, -0.25) is 0 Å². The predicted molar refractivity (Wildman–Crippen MR) is 123 cm³/mol. The van der Waals surface area contributed by atoms with Gasteiger partial charge in [-0.05, 0) is 85.8 Å². The number of aryl methyl sites for hydroxylation is 2. The van der Waals surface area contributed by atoms with Crippen molar-refractivity contribution in [3.05, 3.63) is 76.3 Å². The molecule has 0 unspecified atom stereocenters. The molecule has 0 aliphatic carbocycles. The lowest BCUT2D eigenvalue weighted by molar-refractivity contribution is 0.355. The zero-order valence-corrected chi connectivity index (χ0v) is 18.5. The van der Waals surface area contributed by atoms with Gasteiger partial charge in [-0.1, -0.05) is 18.2 Å². The molecular formula is C26H28N2O2. The van der Waals surface area contributed by atoms with Crippen molar-refractivity contribution < 1.29 is 9.47 Å². The Morgan fingerprint density at radius 1 is 0.800 bits per heavy atom. The first-order valence-corrected chi connectivity index (χ1v) is 10.2. The number of hydrogen-bond donors (Lipinski definition) is 0. The quantitative estimate of drug-likeness (QED) is 0.412. The van der Waals surface area contributed by atoms with Gasteiger partial charge in [-0.15, -0.1) is 0 Å². The van der Waals surface area contributed by atoms with Gasteiger partial charge in [0.25, 0.3) is 0 Å². The Morgan fingerprint density at radius 2 is 1.47 bits per heavy atom. The summed E-state index contributed by atoms with van der Waals surface area (Å²) in [6, 6.07) is 16.6. The third kappa shape index (κ3) is 3.32. The maximum atomic E-state index is 5.54. The van der Waals surface area contributed by atoms with Gasteiger partial charge >= 0.3 is 0 Å². The molecule has 0 amide bonds. The molecule has 4 rings (SSSR count). The summed E-state index contributed by atoms with van der Waals surface area (Å²) in [4.78, 5) is 4.98. The normalized spacial score (nSPS) is 11.1. The van der Waals surface area contributed by atoms with Gasteiger partial charge in [0.15, 0.2) is 11.5 Å². The molecule has 0 saturated carbocycles. The predicted octanol–water partition coefficient (Wildman–Crippen LogP) is 6.00. The summed E-state index contributed by atoms with van der Waals surface area (Å²) in [6.45, 7) is 9.57. The summed E-state index contributed by atoms with van der Waals surface area (Å²) in [7, 11) is 3.31. The van der Waals surface area contributed by atoms with Gasteiger partial charge < -0.3 is 14.0 Å². The van der Waals surface area contributed by atoms with Crippen molar-refractivity contribution in [2.75, 3.05) is 14.2 Å². The summed E-state index contributed by atoms with van der Waals surface area (Å²) < 4.78 is 13.3. The van der Waals surface area contributed by atoms with Crippen molar-refractivity contribution >= 4 is 11.0 Å². The number of nitrogens with zero attached hydrogens (tertiary/aromatic N) is 2. The molecule has 4 nitrogen and oxygen atoms in total. The Kier molecular flexibility index (Phi) is 5.25. The van der Waals surface area contributed by atoms with Crippen LogP contribution in [0.15, 0.2) is 48.5 Å². The lowest BCUT2D eigenvalue weighted by atomic mass is 9.94. The third-order valence-corrected chi connectivity index (χ3v) is 6.13. The molecule has 0 N–H and O–H groups in total. The number of aromatic nitrogens is 2. The summed E-state index contributed by atoms with van der Waals surface area (Å²) in [6.07, 6.45) is 0. The van der Waals surface area contributed by atoms with Crippen molar-refractivity contribution in [1.82, 2.24) is 9.55 Å². The lowest BCUT2D eigenvalue weighted by Crippen LogP contribution is -2.08. The number of rotatable bonds is 5. The van der Waals surface area contributed by atoms with Gasteiger partial charge in [0.1, 0.15) is 5.82 Å². The standard InChI is InChI=1S/C26H28N2O2/c1-16-13-17(2)19(4)21(18(16)3)15-28-23-10-8-7-9-22(23)27-26(28)20-11-12-24(29-5)25(14-20)30-6/h7-14H,15H2,1-6H3. The van der Waals surface area contributed by atoms with Gasteiger partial charge in [-0.2, -0.15) is 0 Å². The number of imidazole rings is 1. The Bertz CT molecular complexity index is 1210. The van der Waals surface area contributed by atoms with Gasteiger partial charge in [-0.25, -0.2) is 4.98 Å². The van der Waals surface area contributed by atoms with E-state index in [0.717, 1.165) is 29.0 Å². The average molecular weight is 401 g/mol. The fourth-order valence-electron chi connectivity index (χ4n) is 4.13. The van der Waals surface area contributed by atoms with Gasteiger partial charge in [0.2, 0.25) is 0 Å². The number of fused-ring (bicyclic) bond motifs is 1. The zero-order valence-electron chi connectivity index (χ0n) is 18.5. The maximum absolute atomic E-state index is 5.54. The highest BCUT2D eigenvalue weighted by molar-refractivity contribution is 5.81. The van der Waals surface area contributed by atoms with Crippen LogP contribution in [0.1, 0.15) is 27.8 Å². The Labute approximate surface area is 178 Å². The van der Waals surface area contributed by atoms with Gasteiger partial charge in [0, 0.05) is 5.56 Å². The van der Waals surface area contributed by atoms with Crippen LogP contribution in [0.4, 0.5) is 0 Å². The first-order valence-electron chi connectivity index (χ1n) is 10.2. The highest BCUT2D eigenvalue weighted by Gasteiger charge is 2.17. The molecule has 3 aromatic carbocycles. The smallest absolute Gasteiger partial charge is 0.161 e. The number of ether oxygens (including phenoxy) is 2. The molecule has 0 aliphatic rings. The number of methoxy groups -OCH3 is 2. The molecule has 4 heteroatoms. The van der Waals surface area contributed by atoms with Gasteiger partial charge in [0.05, 0.1) is 31.8 Å². The Morgan fingerprint density at radius 3 is 2.13 bits per heavy atom. The number of para-hydroxylation sites is 2. The second kappa shape index (κ2) is 7.86. The molecule has 1 aromatic heterocycles. The summed E-state index contributed by atoms with van der Waals surface area (Å²) in [5, 5.41) is 0. The Hall–Kier alpha value is -3.27. The summed E-state index contributed by atoms with van der Waals surface area (Å²) in [5.41, 5.74) is 9.81. The Balaban J connectivity index is 1.94. The monoisotopic (exact) mass is 400 g/mol. The highest BCUT2D eigenvalue weighted by atomic mass is 16.5. The summed E-state index contributed by atoms with van der Waals surface area (Å²) >= 11 is 0. The van der Waals surface area contributed by atoms with Crippen LogP contribution < -0.4 is 9.47 Å². The third-order valence-electron chi connectivity index (χ3n) is 6.13. The van der Waals surface area contributed by atoms with E-state index in [1.165, 1.54) is 27.8 Å². The van der Waals surface area contributed by atoms with Crippen molar-refractivity contribution in [2.24, 2.45) is 0 Å². The van der Waals surface area contributed by atoms with E-state index in [1.54, 1.807) is 14.2 Å². The summed E-state index contributed by atoms with van der Waals surface area (Å²) in [5.74, 6) is 2.34. The molecule has 0 bridgehead atoms. The first-order chi connectivity index (χ1) is 14.4. The van der Waals surface area contributed by atoms with E-state index in [4.69, 9.17) is 14.5 Å². The minimum atomic E-state index is 0.701. The largest absolute Gasteiger partial charge is 0.493 e. The molecule has 0 fully saturated rings. The first kappa shape index (κ1) is 20.0. The van der Waals surface area contributed by atoms with Crippen LogP contribution in [0, 0.1) is 27.7 Å². The molecule has 154 valence electrons. The van der Waals surface area contributed by atoms with E-state index >= 15 is 0 Å². The molecule has 0 radical (unpaired) electrons. The molecule has 0 spiro atoms. The molecule has 0 atom stereocenters. The van der Waals surface area contributed by atoms with Crippen molar-refractivity contribution in [3.8, 4) is 22.9 Å². The van der Waals surface area contributed by atoms with Crippen LogP contribution in [0.2, 0.25) is 0 Å². The topological polar surface area (TPSA) is 36.3 Å². The number of benzene rings is 3. The van der Waals surface area contributed by atoms with Crippen LogP contribution in [-0.4, -0.2) is 23.8 Å². The van der Waals surface area contributed by atoms with E-state index in [9.17, 15) is 0 Å². The van der Waals surface area contributed by atoms with Crippen LogP contribution in [-0.2, 0) is 6.54 Å². The van der Waals surface area contributed by atoms with E-state index < -0.39 is 0 Å². The molecule has 4 aromatic rings. The van der Waals surface area contributed by atoms with Crippen LogP contribution in [0.5, 0.6) is 11.5 Å². The fourth-order valence-corrected chi connectivity index (χ4v) is 4.13. The minimum Gasteiger partial charge on any atom is -0.493 e. The zero-order chi connectivity index (χ0) is 21.4. The van der Waals surface area contributed by atoms with Crippen LogP contribution in [0.25, 0.3) is 22.4 Å². The second-order valence-electron chi connectivity index (χ2n) is 7.82. The van der Waals surface area contributed by atoms with Crippen molar-refractivity contribution in [1.29, 1.82) is 0 Å². The fraction of sp³-hybridized carbons (Fsp3) is 0.269. The maximum Gasteiger partial charge on any atom is 0.161 e. The van der Waals surface area contributed by atoms with E-state index in [1.807, 2.05) is 24.3 Å². The number of hydrogen-bond acceptors (Lipinski definition) is 3. The van der Waals surface area contributed by atoms with Crippen LogP contribution >= 0.6 is 0 Å². The molecular weight excluding hydrogens is 372 g/mol. The lowest BCUT2D eigenvalue weighted by Gasteiger charge is -2.18. The molecule has 0 aliphatic heterocycles.